The zero-order chi connectivity index (χ0) is 14.6. The third kappa shape index (κ3) is 3.35. The number of halogens is 1. The Hall–Kier alpha value is -2.77. The maximum absolute atomic E-state index is 10.7. The van der Waals surface area contributed by atoms with E-state index >= 15 is 0 Å². The molecule has 1 rings (SSSR count). The second kappa shape index (κ2) is 5.71. The Bertz CT molecular complexity index is 654. The van der Waals surface area contributed by atoms with E-state index < -0.39 is 33.3 Å². The van der Waals surface area contributed by atoms with Gasteiger partial charge < -0.3 is 10.2 Å². The zero-order valence-corrected chi connectivity index (χ0v) is 9.88. The summed E-state index contributed by atoms with van der Waals surface area (Å²) in [5.74, 6) is 1.48. The van der Waals surface area contributed by atoms with Crippen LogP contribution in [0.5, 0.6) is 11.5 Å². The number of nitrogens with zero attached hydrogens (tertiary/aromatic N) is 2. The number of rotatable bonds is 2. The van der Waals surface area contributed by atoms with E-state index in [2.05, 4.69) is 11.8 Å². The lowest BCUT2D eigenvalue weighted by Gasteiger charge is -1.99. The molecule has 0 aliphatic rings. The number of aromatic hydroxyl groups is 2. The van der Waals surface area contributed by atoms with Gasteiger partial charge in [-0.25, -0.2) is 0 Å². The van der Waals surface area contributed by atoms with Crippen LogP contribution in [0.2, 0.25) is 0 Å². The van der Waals surface area contributed by atoms with Crippen molar-refractivity contribution in [3.8, 4) is 29.4 Å². The number of phenols is 2. The van der Waals surface area contributed by atoms with Gasteiger partial charge in [-0.15, -0.1) is 0 Å². The van der Waals surface area contributed by atoms with Gasteiger partial charge in [-0.3, -0.25) is 14.9 Å². The van der Waals surface area contributed by atoms with Gasteiger partial charge in [0.1, 0.15) is 0 Å². The number of hydrogen-bond acceptors (Lipinski definition) is 6. The van der Waals surface area contributed by atoms with Crippen molar-refractivity contribution >= 4 is 22.5 Å². The van der Waals surface area contributed by atoms with E-state index in [1.54, 1.807) is 0 Å². The predicted octanol–water partition coefficient (Wildman–Crippen LogP) is 1.26. The summed E-state index contributed by atoms with van der Waals surface area (Å²) in [4.78, 5) is 20.4. The van der Waals surface area contributed by atoms with Crippen molar-refractivity contribution < 1.29 is 19.9 Å². The molecule has 0 aliphatic carbocycles. The number of nitriles is 1. The van der Waals surface area contributed by atoms with Crippen molar-refractivity contribution in [2.45, 2.75) is 0 Å². The molecule has 0 aromatic heterocycles. The first-order chi connectivity index (χ1) is 8.86. The molecule has 0 radical (unpaired) electrons. The van der Waals surface area contributed by atoms with Crippen LogP contribution in [0, 0.1) is 39.2 Å². The van der Waals surface area contributed by atoms with Crippen LogP contribution in [0.15, 0.2) is 12.1 Å². The number of carbonyl (C=O) groups is 1. The highest BCUT2D eigenvalue weighted by molar-refractivity contribution is 6.64. The predicted molar refractivity (Wildman–Crippen MR) is 63.3 cm³/mol. The van der Waals surface area contributed by atoms with Crippen LogP contribution < -0.4 is 0 Å². The summed E-state index contributed by atoms with van der Waals surface area (Å²) in [6.45, 7) is 0. The van der Waals surface area contributed by atoms with Gasteiger partial charge in [0.2, 0.25) is 5.75 Å². The summed E-state index contributed by atoms with van der Waals surface area (Å²) in [6.07, 6.45) is 0. The van der Waals surface area contributed by atoms with Gasteiger partial charge in [0.25, 0.3) is 5.24 Å². The molecule has 0 saturated carbocycles. The first-order valence-electron chi connectivity index (χ1n) is 4.67. The Morgan fingerprint density at radius 2 is 2.11 bits per heavy atom. The highest BCUT2D eigenvalue weighted by Gasteiger charge is 2.18. The monoisotopic (exact) mass is 280 g/mol. The van der Waals surface area contributed by atoms with E-state index in [0.29, 0.717) is 0 Å². The number of carbonyl (C=O) groups excluding carboxylic acids is 1. The number of phenolic OH excluding ortho intramolecular Hbond substituents is 2. The van der Waals surface area contributed by atoms with Crippen LogP contribution in [0.4, 0.5) is 5.69 Å². The molecular weight excluding hydrogens is 276 g/mol. The molecule has 1 atom stereocenters. The maximum Gasteiger partial charge on any atom is 0.315 e. The fraction of sp³-hybridized carbons (Fsp3) is 0.0909. The van der Waals surface area contributed by atoms with E-state index in [9.17, 15) is 25.1 Å². The quantitative estimate of drug-likeness (QED) is 0.276. The molecular formula is C11H5ClN2O5. The van der Waals surface area contributed by atoms with E-state index in [4.69, 9.17) is 16.9 Å². The van der Waals surface area contributed by atoms with Gasteiger partial charge in [-0.1, -0.05) is 11.8 Å². The van der Waals surface area contributed by atoms with E-state index in [1.807, 2.05) is 0 Å². The van der Waals surface area contributed by atoms with Crippen molar-refractivity contribution in [1.29, 1.82) is 5.26 Å². The van der Waals surface area contributed by atoms with Crippen molar-refractivity contribution in [2.24, 2.45) is 5.92 Å². The summed E-state index contributed by atoms with van der Waals surface area (Å²) in [5.41, 5.74) is -0.782. The Morgan fingerprint density at radius 3 is 2.58 bits per heavy atom. The molecule has 0 bridgehead atoms. The van der Waals surface area contributed by atoms with Crippen molar-refractivity contribution in [3.05, 3.63) is 27.8 Å². The van der Waals surface area contributed by atoms with Gasteiger partial charge in [0.05, 0.1) is 11.0 Å². The summed E-state index contributed by atoms with van der Waals surface area (Å²) in [5, 5.41) is 36.7. The van der Waals surface area contributed by atoms with Gasteiger partial charge in [-0.05, 0) is 17.7 Å². The molecule has 0 heterocycles. The van der Waals surface area contributed by atoms with E-state index in [-0.39, 0.29) is 5.56 Å². The highest BCUT2D eigenvalue weighted by atomic mass is 35.5. The number of hydrogen-bond donors (Lipinski definition) is 2. The van der Waals surface area contributed by atoms with Crippen LogP contribution in [-0.2, 0) is 4.79 Å². The van der Waals surface area contributed by atoms with Crippen molar-refractivity contribution in [1.82, 2.24) is 0 Å². The molecule has 1 aromatic rings. The van der Waals surface area contributed by atoms with Gasteiger partial charge in [-0.2, -0.15) is 5.26 Å². The summed E-state index contributed by atoms with van der Waals surface area (Å²) in [6, 6.07) is 3.39. The number of nitro groups is 1. The minimum atomic E-state index is -1.38. The number of nitro benzene ring substituents is 1. The van der Waals surface area contributed by atoms with Crippen LogP contribution in [-0.4, -0.2) is 20.4 Å². The molecule has 8 heteroatoms. The second-order valence-corrected chi connectivity index (χ2v) is 3.63. The van der Waals surface area contributed by atoms with Gasteiger partial charge in [0, 0.05) is 11.6 Å². The van der Waals surface area contributed by atoms with Crippen LogP contribution in [0.25, 0.3) is 0 Å². The number of benzene rings is 1. The summed E-state index contributed by atoms with van der Waals surface area (Å²) in [7, 11) is 0. The van der Waals surface area contributed by atoms with E-state index in [0.717, 1.165) is 12.1 Å². The zero-order valence-electron chi connectivity index (χ0n) is 9.12. The smallest absolute Gasteiger partial charge is 0.315 e. The lowest BCUT2D eigenvalue weighted by Crippen LogP contribution is -2.02. The SMILES string of the molecule is N#CC(C#Cc1cc(O)c(O)c([N+](=O)[O-])c1)C(=O)Cl. The minimum Gasteiger partial charge on any atom is -0.504 e. The molecule has 0 spiro atoms. The normalized spacial score (nSPS) is 10.7. The fourth-order valence-corrected chi connectivity index (χ4v) is 1.21. The lowest BCUT2D eigenvalue weighted by atomic mass is 10.1. The average molecular weight is 281 g/mol. The Kier molecular flexibility index (Phi) is 4.30. The van der Waals surface area contributed by atoms with Crippen LogP contribution in [0.3, 0.4) is 0 Å². The molecule has 0 aliphatic heterocycles. The fourth-order valence-electron chi connectivity index (χ4n) is 1.11. The molecule has 0 fully saturated rings. The Balaban J connectivity index is 3.25. The lowest BCUT2D eigenvalue weighted by molar-refractivity contribution is -0.386. The molecule has 0 amide bonds. The third-order valence-corrected chi connectivity index (χ3v) is 2.20. The molecule has 1 unspecified atom stereocenters. The Labute approximate surface area is 111 Å². The maximum atomic E-state index is 10.7. The molecule has 7 nitrogen and oxygen atoms in total. The van der Waals surface area contributed by atoms with Crippen LogP contribution >= 0.6 is 11.6 Å². The van der Waals surface area contributed by atoms with Crippen molar-refractivity contribution in [2.75, 3.05) is 0 Å². The molecule has 2 N–H and O–H groups in total. The molecule has 1 aromatic carbocycles. The van der Waals surface area contributed by atoms with Crippen LogP contribution in [0.1, 0.15) is 5.56 Å². The first kappa shape index (κ1) is 14.3. The van der Waals surface area contributed by atoms with Crippen molar-refractivity contribution in [3.63, 3.8) is 0 Å². The molecule has 19 heavy (non-hydrogen) atoms. The summed E-state index contributed by atoms with van der Waals surface area (Å²) < 4.78 is 0. The molecule has 96 valence electrons. The third-order valence-electron chi connectivity index (χ3n) is 1.98. The first-order valence-corrected chi connectivity index (χ1v) is 5.05. The van der Waals surface area contributed by atoms with Gasteiger partial charge in [0.15, 0.2) is 11.7 Å². The van der Waals surface area contributed by atoms with E-state index in [1.165, 1.54) is 6.07 Å². The summed E-state index contributed by atoms with van der Waals surface area (Å²) >= 11 is 5.09. The minimum absolute atomic E-state index is 0.0415. The molecule has 0 saturated heterocycles. The highest BCUT2D eigenvalue weighted by Crippen LogP contribution is 2.35. The average Bonchev–Trinajstić information content (AvgIpc) is 2.33. The van der Waals surface area contributed by atoms with Gasteiger partial charge >= 0.3 is 5.69 Å². The Morgan fingerprint density at radius 1 is 1.47 bits per heavy atom. The topological polar surface area (TPSA) is 124 Å². The standard InChI is InChI=1S/C11H5ClN2O5/c12-11(17)7(5-13)2-1-6-3-8(14(18)19)10(16)9(15)4-6/h3-4,7,15-16H. The second-order valence-electron chi connectivity index (χ2n) is 3.26. The largest absolute Gasteiger partial charge is 0.504 e.